The molecule has 0 bridgehead atoms. The molecule has 0 saturated carbocycles. The van der Waals surface area contributed by atoms with Gasteiger partial charge < -0.3 is 15.0 Å². The van der Waals surface area contributed by atoms with Gasteiger partial charge in [0, 0.05) is 29.0 Å². The average molecular weight is 361 g/mol. The van der Waals surface area contributed by atoms with Crippen molar-refractivity contribution in [2.24, 2.45) is 0 Å². The third kappa shape index (κ3) is 4.82. The molecule has 25 heavy (non-hydrogen) atoms. The maximum absolute atomic E-state index is 12.5. The standard InChI is InChI=1S/C18H21ClN4O2/c1-12-10-17(21-13(2)20-12)25-16-4-3-9-23(11-16)18(24)22-15-7-5-14(19)6-8-15/h5-8,10,16H,3-4,9,11H2,1-2H3,(H,22,24). The van der Waals surface area contributed by atoms with E-state index >= 15 is 0 Å². The number of anilines is 1. The number of piperidine rings is 1. The molecular weight excluding hydrogens is 340 g/mol. The number of nitrogens with one attached hydrogen (secondary N) is 1. The molecule has 1 fully saturated rings. The third-order valence-electron chi connectivity index (χ3n) is 3.99. The van der Waals surface area contributed by atoms with E-state index < -0.39 is 0 Å². The smallest absolute Gasteiger partial charge is 0.321 e. The SMILES string of the molecule is Cc1cc(OC2CCCN(C(=O)Nc3ccc(Cl)cc3)C2)nc(C)n1. The topological polar surface area (TPSA) is 67.3 Å². The number of urea groups is 1. The highest BCUT2D eigenvalue weighted by atomic mass is 35.5. The largest absolute Gasteiger partial charge is 0.472 e. The van der Waals surface area contributed by atoms with Crippen LogP contribution in [-0.4, -0.2) is 40.1 Å². The molecule has 3 rings (SSSR count). The Kier molecular flexibility index (Phi) is 5.38. The van der Waals surface area contributed by atoms with E-state index in [9.17, 15) is 4.79 Å². The number of rotatable bonds is 3. The number of halogens is 1. The van der Waals surface area contributed by atoms with Crippen molar-refractivity contribution in [2.45, 2.75) is 32.8 Å². The van der Waals surface area contributed by atoms with Gasteiger partial charge in [-0.2, -0.15) is 4.98 Å². The van der Waals surface area contributed by atoms with E-state index in [1.807, 2.05) is 19.9 Å². The molecule has 1 aliphatic rings. The molecule has 132 valence electrons. The monoisotopic (exact) mass is 360 g/mol. The summed E-state index contributed by atoms with van der Waals surface area (Å²) in [5.74, 6) is 1.25. The molecule has 1 saturated heterocycles. The minimum Gasteiger partial charge on any atom is -0.472 e. The third-order valence-corrected chi connectivity index (χ3v) is 4.24. The molecule has 1 N–H and O–H groups in total. The first-order valence-electron chi connectivity index (χ1n) is 8.30. The average Bonchev–Trinajstić information content (AvgIpc) is 2.56. The van der Waals surface area contributed by atoms with Gasteiger partial charge >= 0.3 is 6.03 Å². The van der Waals surface area contributed by atoms with Gasteiger partial charge in [-0.15, -0.1) is 0 Å². The van der Waals surface area contributed by atoms with E-state index in [-0.39, 0.29) is 12.1 Å². The van der Waals surface area contributed by atoms with Gasteiger partial charge in [-0.1, -0.05) is 11.6 Å². The number of carbonyl (C=O) groups is 1. The highest BCUT2D eigenvalue weighted by Crippen LogP contribution is 2.19. The maximum atomic E-state index is 12.5. The van der Waals surface area contributed by atoms with Crippen LogP contribution >= 0.6 is 11.6 Å². The molecule has 7 heteroatoms. The number of hydrogen-bond donors (Lipinski definition) is 1. The quantitative estimate of drug-likeness (QED) is 0.903. The summed E-state index contributed by atoms with van der Waals surface area (Å²) < 4.78 is 5.97. The predicted molar refractivity (Wildman–Crippen MR) is 97.2 cm³/mol. The molecule has 6 nitrogen and oxygen atoms in total. The number of carbonyl (C=O) groups excluding carboxylic acids is 1. The summed E-state index contributed by atoms with van der Waals surface area (Å²) in [6.07, 6.45) is 1.72. The van der Waals surface area contributed by atoms with Crippen LogP contribution in [0.15, 0.2) is 30.3 Å². The zero-order chi connectivity index (χ0) is 17.8. The molecule has 2 aromatic rings. The number of hydrogen-bond acceptors (Lipinski definition) is 4. The van der Waals surface area contributed by atoms with Crippen LogP contribution in [0.2, 0.25) is 5.02 Å². The van der Waals surface area contributed by atoms with Crippen LogP contribution in [0.25, 0.3) is 0 Å². The lowest BCUT2D eigenvalue weighted by Crippen LogP contribution is -2.46. The number of ether oxygens (including phenoxy) is 1. The minimum atomic E-state index is -0.134. The maximum Gasteiger partial charge on any atom is 0.321 e. The molecule has 1 aliphatic heterocycles. The molecule has 0 radical (unpaired) electrons. The predicted octanol–water partition coefficient (Wildman–Crippen LogP) is 3.82. The molecule has 1 aromatic carbocycles. The van der Waals surface area contributed by atoms with E-state index in [0.29, 0.717) is 29.8 Å². The van der Waals surface area contributed by atoms with E-state index in [0.717, 1.165) is 24.2 Å². The van der Waals surface area contributed by atoms with E-state index in [4.69, 9.17) is 16.3 Å². The van der Waals surface area contributed by atoms with Crippen LogP contribution in [0.1, 0.15) is 24.4 Å². The van der Waals surface area contributed by atoms with Crippen molar-refractivity contribution in [1.82, 2.24) is 14.9 Å². The fourth-order valence-electron chi connectivity index (χ4n) is 2.87. The summed E-state index contributed by atoms with van der Waals surface area (Å²) in [5.41, 5.74) is 1.59. The lowest BCUT2D eigenvalue weighted by molar-refractivity contribution is 0.102. The first kappa shape index (κ1) is 17.5. The lowest BCUT2D eigenvalue weighted by atomic mass is 10.1. The van der Waals surface area contributed by atoms with Crippen LogP contribution in [0.3, 0.4) is 0 Å². The fraction of sp³-hybridized carbons (Fsp3) is 0.389. The summed E-state index contributed by atoms with van der Waals surface area (Å²) >= 11 is 5.87. The lowest BCUT2D eigenvalue weighted by Gasteiger charge is -2.32. The highest BCUT2D eigenvalue weighted by Gasteiger charge is 2.25. The summed E-state index contributed by atoms with van der Waals surface area (Å²) in [7, 11) is 0. The zero-order valence-corrected chi connectivity index (χ0v) is 15.1. The second-order valence-corrected chi connectivity index (χ2v) is 6.60. The van der Waals surface area contributed by atoms with E-state index in [1.54, 1.807) is 29.2 Å². The second-order valence-electron chi connectivity index (χ2n) is 6.16. The van der Waals surface area contributed by atoms with Gasteiger partial charge in [-0.05, 0) is 51.0 Å². The zero-order valence-electron chi connectivity index (χ0n) is 14.3. The number of amides is 2. The molecule has 0 spiro atoms. The second kappa shape index (κ2) is 7.70. The number of aromatic nitrogens is 2. The van der Waals surface area contributed by atoms with Gasteiger partial charge in [0.05, 0.1) is 6.54 Å². The van der Waals surface area contributed by atoms with E-state index in [1.165, 1.54) is 0 Å². The first-order valence-corrected chi connectivity index (χ1v) is 8.68. The Balaban J connectivity index is 1.60. The minimum absolute atomic E-state index is 0.0709. The van der Waals surface area contributed by atoms with Crippen LogP contribution in [0.5, 0.6) is 5.88 Å². The van der Waals surface area contributed by atoms with Gasteiger partial charge in [0.1, 0.15) is 11.9 Å². The molecule has 2 amide bonds. The Hall–Kier alpha value is -2.34. The van der Waals surface area contributed by atoms with Crippen LogP contribution < -0.4 is 10.1 Å². The van der Waals surface area contributed by atoms with Crippen LogP contribution in [0, 0.1) is 13.8 Å². The first-order chi connectivity index (χ1) is 12.0. The molecule has 1 unspecified atom stereocenters. The van der Waals surface area contributed by atoms with Gasteiger partial charge in [0.15, 0.2) is 0 Å². The fourth-order valence-corrected chi connectivity index (χ4v) is 2.99. The normalized spacial score (nSPS) is 17.2. The van der Waals surface area contributed by atoms with Crippen molar-refractivity contribution < 1.29 is 9.53 Å². The van der Waals surface area contributed by atoms with Gasteiger partial charge in [0.2, 0.25) is 5.88 Å². The molecule has 2 heterocycles. The van der Waals surface area contributed by atoms with Crippen molar-refractivity contribution in [3.63, 3.8) is 0 Å². The summed E-state index contributed by atoms with van der Waals surface area (Å²) in [4.78, 5) is 22.8. The number of likely N-dealkylation sites (tertiary alicyclic amines) is 1. The van der Waals surface area contributed by atoms with Gasteiger partial charge in [0.25, 0.3) is 0 Å². The molecule has 0 aliphatic carbocycles. The summed E-state index contributed by atoms with van der Waals surface area (Å²) in [6, 6.07) is 8.75. The summed E-state index contributed by atoms with van der Waals surface area (Å²) in [5, 5.41) is 3.53. The van der Waals surface area contributed by atoms with Gasteiger partial charge in [-0.25, -0.2) is 9.78 Å². The number of nitrogens with zero attached hydrogens (tertiary/aromatic N) is 3. The highest BCUT2D eigenvalue weighted by molar-refractivity contribution is 6.30. The van der Waals surface area contributed by atoms with Crippen molar-refractivity contribution in [1.29, 1.82) is 0 Å². The Morgan fingerprint density at radius 3 is 2.76 bits per heavy atom. The summed E-state index contributed by atoms with van der Waals surface area (Å²) in [6.45, 7) is 4.99. The van der Waals surface area contributed by atoms with Crippen molar-refractivity contribution in [3.8, 4) is 5.88 Å². The van der Waals surface area contributed by atoms with Crippen molar-refractivity contribution >= 4 is 23.3 Å². The molecule has 1 aromatic heterocycles. The Labute approximate surface area is 152 Å². The Morgan fingerprint density at radius 1 is 1.28 bits per heavy atom. The number of benzene rings is 1. The number of aryl methyl sites for hydroxylation is 2. The van der Waals surface area contributed by atoms with Gasteiger partial charge in [-0.3, -0.25) is 0 Å². The molecular formula is C18H21ClN4O2. The van der Waals surface area contributed by atoms with Crippen molar-refractivity contribution in [2.75, 3.05) is 18.4 Å². The Bertz CT molecular complexity index is 731. The van der Waals surface area contributed by atoms with Crippen LogP contribution in [0.4, 0.5) is 10.5 Å². The van der Waals surface area contributed by atoms with Crippen LogP contribution in [-0.2, 0) is 0 Å². The van der Waals surface area contributed by atoms with E-state index in [2.05, 4.69) is 15.3 Å². The Morgan fingerprint density at radius 2 is 2.04 bits per heavy atom. The van der Waals surface area contributed by atoms with Crippen molar-refractivity contribution in [3.05, 3.63) is 46.9 Å². The molecule has 1 atom stereocenters.